The molecule has 1 heterocycles. The van der Waals surface area contributed by atoms with Gasteiger partial charge in [0.1, 0.15) is 12.4 Å². The molecule has 0 atom stereocenters. The van der Waals surface area contributed by atoms with Crippen molar-refractivity contribution in [2.24, 2.45) is 5.10 Å². The highest BCUT2D eigenvalue weighted by molar-refractivity contribution is 9.10. The molecule has 0 N–H and O–H groups in total. The molecular weight excluding hydrogens is 494 g/mol. The molecule has 0 unspecified atom stereocenters. The van der Waals surface area contributed by atoms with E-state index in [0.717, 1.165) is 15.6 Å². The Balaban J connectivity index is 1.62. The summed E-state index contributed by atoms with van der Waals surface area (Å²) < 4.78 is 14.0. The van der Waals surface area contributed by atoms with E-state index in [0.29, 0.717) is 47.9 Å². The van der Waals surface area contributed by atoms with Gasteiger partial charge in [-0.25, -0.2) is 4.98 Å². The van der Waals surface area contributed by atoms with Crippen molar-refractivity contribution in [3.63, 3.8) is 0 Å². The summed E-state index contributed by atoms with van der Waals surface area (Å²) in [6.45, 7) is 6.89. The van der Waals surface area contributed by atoms with Crippen molar-refractivity contribution in [3.8, 4) is 11.5 Å². The third-order valence-corrected chi connectivity index (χ3v) is 5.79. The van der Waals surface area contributed by atoms with E-state index in [1.807, 2.05) is 44.2 Å². The van der Waals surface area contributed by atoms with Gasteiger partial charge in [0.25, 0.3) is 5.56 Å². The first-order valence-electron chi connectivity index (χ1n) is 11.2. The number of hydrogen-bond acceptors (Lipinski definition) is 5. The molecule has 0 aliphatic heterocycles. The summed E-state index contributed by atoms with van der Waals surface area (Å²) in [6, 6.07) is 19.3. The first-order valence-corrected chi connectivity index (χ1v) is 12.0. The van der Waals surface area contributed by atoms with Gasteiger partial charge < -0.3 is 9.47 Å². The van der Waals surface area contributed by atoms with Crippen molar-refractivity contribution in [2.45, 2.75) is 33.8 Å². The van der Waals surface area contributed by atoms with E-state index in [-0.39, 0.29) is 5.56 Å². The first kappa shape index (κ1) is 23.7. The van der Waals surface area contributed by atoms with Crippen molar-refractivity contribution in [1.29, 1.82) is 0 Å². The topological polar surface area (TPSA) is 65.7 Å². The molecule has 1 aromatic heterocycles. The van der Waals surface area contributed by atoms with Gasteiger partial charge in [0.05, 0.1) is 23.7 Å². The molecule has 174 valence electrons. The maximum Gasteiger partial charge on any atom is 0.282 e. The van der Waals surface area contributed by atoms with Crippen molar-refractivity contribution in [2.75, 3.05) is 6.61 Å². The van der Waals surface area contributed by atoms with Crippen LogP contribution in [0.25, 0.3) is 10.9 Å². The molecule has 4 aromatic rings. The number of rotatable bonds is 8. The van der Waals surface area contributed by atoms with Crippen LogP contribution in [0.3, 0.4) is 0 Å². The molecule has 0 aliphatic carbocycles. The predicted octanol–water partition coefficient (Wildman–Crippen LogP) is 5.89. The first-order chi connectivity index (χ1) is 16.5. The number of fused-ring (bicyclic) bond motifs is 1. The second-order valence-corrected chi connectivity index (χ2v) is 8.73. The summed E-state index contributed by atoms with van der Waals surface area (Å²) in [6.07, 6.45) is 2.22. The highest BCUT2D eigenvalue weighted by Gasteiger charge is 2.11. The van der Waals surface area contributed by atoms with Crippen molar-refractivity contribution >= 4 is 33.0 Å². The molecule has 0 aliphatic rings. The number of nitrogens with zero attached hydrogens (tertiary/aromatic N) is 3. The van der Waals surface area contributed by atoms with Crippen LogP contribution in [0.2, 0.25) is 0 Å². The van der Waals surface area contributed by atoms with E-state index in [1.165, 1.54) is 10.2 Å². The van der Waals surface area contributed by atoms with Gasteiger partial charge in [-0.05, 0) is 61.4 Å². The molecule has 0 bridgehead atoms. The lowest BCUT2D eigenvalue weighted by Crippen LogP contribution is -2.22. The van der Waals surface area contributed by atoms with Crippen LogP contribution in [0.4, 0.5) is 0 Å². The zero-order valence-electron chi connectivity index (χ0n) is 19.4. The van der Waals surface area contributed by atoms with Crippen LogP contribution in [0.1, 0.15) is 36.4 Å². The SMILES string of the molecule is CCOc1cc(C=Nn2c(CC)nc3ccc(Br)cc3c2=O)ccc1OCc1ccc(C)cc1. The van der Waals surface area contributed by atoms with Gasteiger partial charge in [0.15, 0.2) is 11.5 Å². The number of halogens is 1. The molecular formula is C27H26BrN3O3. The van der Waals surface area contributed by atoms with Gasteiger partial charge in [-0.1, -0.05) is 52.7 Å². The third-order valence-electron chi connectivity index (χ3n) is 5.30. The average Bonchev–Trinajstić information content (AvgIpc) is 2.84. The molecule has 4 rings (SSSR count). The molecule has 34 heavy (non-hydrogen) atoms. The molecule has 6 nitrogen and oxygen atoms in total. The molecule has 0 saturated heterocycles. The summed E-state index contributed by atoms with van der Waals surface area (Å²) in [4.78, 5) is 17.7. The lowest BCUT2D eigenvalue weighted by atomic mass is 10.2. The molecule has 0 radical (unpaired) electrons. The highest BCUT2D eigenvalue weighted by Crippen LogP contribution is 2.29. The van der Waals surface area contributed by atoms with E-state index < -0.39 is 0 Å². The fourth-order valence-corrected chi connectivity index (χ4v) is 3.87. The van der Waals surface area contributed by atoms with E-state index in [1.54, 1.807) is 12.3 Å². The lowest BCUT2D eigenvalue weighted by molar-refractivity contribution is 0.269. The fraction of sp³-hybridized carbons (Fsp3) is 0.222. The zero-order chi connectivity index (χ0) is 24.1. The molecule has 0 amide bonds. The van der Waals surface area contributed by atoms with Crippen LogP contribution >= 0.6 is 15.9 Å². The summed E-state index contributed by atoms with van der Waals surface area (Å²) in [5, 5.41) is 4.98. The number of aryl methyl sites for hydroxylation is 2. The zero-order valence-corrected chi connectivity index (χ0v) is 21.0. The van der Waals surface area contributed by atoms with Crippen LogP contribution < -0.4 is 15.0 Å². The Morgan fingerprint density at radius 2 is 1.79 bits per heavy atom. The van der Waals surface area contributed by atoms with Crippen molar-refractivity contribution in [3.05, 3.63) is 98.0 Å². The fourth-order valence-electron chi connectivity index (χ4n) is 3.50. The van der Waals surface area contributed by atoms with Gasteiger partial charge in [0, 0.05) is 10.9 Å². The Bertz CT molecular complexity index is 1400. The van der Waals surface area contributed by atoms with Crippen LogP contribution in [-0.2, 0) is 13.0 Å². The Morgan fingerprint density at radius 1 is 1.00 bits per heavy atom. The van der Waals surface area contributed by atoms with Crippen LogP contribution in [0, 0.1) is 6.92 Å². The van der Waals surface area contributed by atoms with Crippen molar-refractivity contribution in [1.82, 2.24) is 9.66 Å². The minimum atomic E-state index is -0.206. The Labute approximate surface area is 207 Å². The van der Waals surface area contributed by atoms with Gasteiger partial charge in [-0.3, -0.25) is 4.79 Å². The maximum absolute atomic E-state index is 13.1. The molecule has 3 aromatic carbocycles. The smallest absolute Gasteiger partial charge is 0.282 e. The van der Waals surface area contributed by atoms with Gasteiger partial charge >= 0.3 is 0 Å². The standard InChI is InChI=1S/C27H26BrN3O3/c1-4-26-30-23-12-11-21(28)15-22(23)27(32)31(26)29-16-20-10-13-24(25(14-20)33-5-2)34-17-19-8-6-18(3)7-9-19/h6-16H,4-5,17H2,1-3H3. The normalized spacial score (nSPS) is 11.3. The van der Waals surface area contributed by atoms with Gasteiger partial charge in [0.2, 0.25) is 0 Å². The summed E-state index contributed by atoms with van der Waals surface area (Å²) in [7, 11) is 0. The minimum absolute atomic E-state index is 0.206. The Kier molecular flexibility index (Phi) is 7.43. The monoisotopic (exact) mass is 519 g/mol. The highest BCUT2D eigenvalue weighted by atomic mass is 79.9. The Morgan fingerprint density at radius 3 is 2.53 bits per heavy atom. The summed E-state index contributed by atoms with van der Waals surface area (Å²) in [5.41, 5.74) is 3.53. The minimum Gasteiger partial charge on any atom is -0.490 e. The van der Waals surface area contributed by atoms with E-state index in [2.05, 4.69) is 57.2 Å². The molecule has 0 fully saturated rings. The largest absolute Gasteiger partial charge is 0.490 e. The number of aromatic nitrogens is 2. The Hall–Kier alpha value is -3.45. The second kappa shape index (κ2) is 10.7. The average molecular weight is 520 g/mol. The van der Waals surface area contributed by atoms with Crippen LogP contribution in [0.5, 0.6) is 11.5 Å². The summed E-state index contributed by atoms with van der Waals surface area (Å²) >= 11 is 3.42. The molecule has 7 heteroatoms. The second-order valence-electron chi connectivity index (χ2n) is 7.82. The maximum atomic E-state index is 13.1. The lowest BCUT2D eigenvalue weighted by Gasteiger charge is -2.13. The van der Waals surface area contributed by atoms with Crippen LogP contribution in [0.15, 0.2) is 75.0 Å². The predicted molar refractivity (Wildman–Crippen MR) is 139 cm³/mol. The molecule has 0 spiro atoms. The number of ether oxygens (including phenoxy) is 2. The summed E-state index contributed by atoms with van der Waals surface area (Å²) in [5.74, 6) is 1.88. The number of benzene rings is 3. The van der Waals surface area contributed by atoms with Gasteiger partial charge in [-0.2, -0.15) is 9.78 Å². The van der Waals surface area contributed by atoms with E-state index in [4.69, 9.17) is 9.47 Å². The number of hydrogen-bond donors (Lipinski definition) is 0. The quantitative estimate of drug-likeness (QED) is 0.272. The molecule has 0 saturated carbocycles. The third kappa shape index (κ3) is 5.37. The van der Waals surface area contributed by atoms with E-state index >= 15 is 0 Å². The van der Waals surface area contributed by atoms with Crippen molar-refractivity contribution < 1.29 is 9.47 Å². The van der Waals surface area contributed by atoms with Gasteiger partial charge in [-0.15, -0.1) is 0 Å². The van der Waals surface area contributed by atoms with Crippen LogP contribution in [-0.4, -0.2) is 22.5 Å². The van der Waals surface area contributed by atoms with E-state index in [9.17, 15) is 4.79 Å².